The van der Waals surface area contributed by atoms with Crippen LogP contribution in [0.4, 0.5) is 5.69 Å². The monoisotopic (exact) mass is 276 g/mol. The first-order valence-corrected chi connectivity index (χ1v) is 4.72. The molecule has 0 fully saturated rings. The maximum Gasteiger partial charge on any atom is 0.323 e. The summed E-state index contributed by atoms with van der Waals surface area (Å²) in [6.07, 6.45) is -0.0338. The Morgan fingerprint density at radius 2 is 2.11 bits per heavy atom. The van der Waals surface area contributed by atoms with Crippen LogP contribution in [0.25, 0.3) is 0 Å². The summed E-state index contributed by atoms with van der Waals surface area (Å²) in [7, 11) is 0. The molecule has 7 nitrogen and oxygen atoms in total. The number of benzene rings is 1. The highest BCUT2D eigenvalue weighted by Crippen LogP contribution is 2.27. The fraction of sp³-hybridized carbons (Fsp3) is 0.300. The van der Waals surface area contributed by atoms with Crippen molar-refractivity contribution in [2.45, 2.75) is 18.9 Å². The van der Waals surface area contributed by atoms with Gasteiger partial charge in [-0.05, 0) is 18.6 Å². The Morgan fingerprint density at radius 3 is 2.50 bits per heavy atom. The summed E-state index contributed by atoms with van der Waals surface area (Å²) in [4.78, 5) is 20.5. The molecule has 8 heteroatoms. The van der Waals surface area contributed by atoms with Crippen molar-refractivity contribution in [3.63, 3.8) is 0 Å². The van der Waals surface area contributed by atoms with Crippen molar-refractivity contribution in [2.75, 3.05) is 0 Å². The van der Waals surface area contributed by atoms with E-state index < -0.39 is 27.9 Å². The van der Waals surface area contributed by atoms with Crippen LogP contribution < -0.4 is 5.73 Å². The number of nitrogens with zero attached hydrogens (tertiary/aromatic N) is 1. The maximum absolute atomic E-state index is 10.8. The Labute approximate surface area is 109 Å². The summed E-state index contributed by atoms with van der Waals surface area (Å²) < 4.78 is 0. The molecule has 1 rings (SSSR count). The average Bonchev–Trinajstić information content (AvgIpc) is 2.15. The fourth-order valence-corrected chi connectivity index (χ4v) is 1.33. The molecular formula is C10H13ClN2O5. The van der Waals surface area contributed by atoms with Crippen LogP contribution in [0.1, 0.15) is 12.5 Å². The van der Waals surface area contributed by atoms with Crippen molar-refractivity contribution < 1.29 is 19.9 Å². The number of carbonyl (C=O) groups is 1. The molecule has 0 bridgehead atoms. The van der Waals surface area contributed by atoms with E-state index >= 15 is 0 Å². The molecule has 1 aromatic carbocycles. The van der Waals surface area contributed by atoms with Crippen LogP contribution in [0.15, 0.2) is 18.2 Å². The Hall–Kier alpha value is -1.86. The van der Waals surface area contributed by atoms with Gasteiger partial charge < -0.3 is 15.9 Å². The van der Waals surface area contributed by atoms with Crippen LogP contribution in [0.3, 0.4) is 0 Å². The van der Waals surface area contributed by atoms with E-state index in [-0.39, 0.29) is 18.8 Å². The van der Waals surface area contributed by atoms with Crippen LogP contribution >= 0.6 is 12.4 Å². The van der Waals surface area contributed by atoms with Crippen molar-refractivity contribution in [3.05, 3.63) is 33.9 Å². The third-order valence-electron chi connectivity index (χ3n) is 2.30. The van der Waals surface area contributed by atoms with Gasteiger partial charge in [0.2, 0.25) is 0 Å². The molecule has 0 unspecified atom stereocenters. The molecule has 0 saturated heterocycles. The molecule has 0 heterocycles. The van der Waals surface area contributed by atoms with Gasteiger partial charge in [-0.3, -0.25) is 14.9 Å². The number of phenols is 1. The number of carboxylic acid groups (broad SMARTS) is 1. The van der Waals surface area contributed by atoms with Crippen molar-refractivity contribution in [2.24, 2.45) is 5.73 Å². The van der Waals surface area contributed by atoms with Gasteiger partial charge in [0, 0.05) is 12.5 Å². The molecule has 0 spiro atoms. The number of nitrogens with two attached hydrogens (primary N) is 1. The van der Waals surface area contributed by atoms with Crippen LogP contribution in [0.2, 0.25) is 0 Å². The van der Waals surface area contributed by atoms with E-state index in [1.807, 2.05) is 0 Å². The highest BCUT2D eigenvalue weighted by Gasteiger charge is 2.28. The average molecular weight is 277 g/mol. The van der Waals surface area contributed by atoms with Crippen molar-refractivity contribution in [1.29, 1.82) is 0 Å². The molecule has 0 saturated carbocycles. The molecule has 0 aliphatic carbocycles. The van der Waals surface area contributed by atoms with E-state index in [0.717, 1.165) is 12.1 Å². The zero-order valence-corrected chi connectivity index (χ0v) is 10.3. The summed E-state index contributed by atoms with van der Waals surface area (Å²) in [5.74, 6) is -1.69. The van der Waals surface area contributed by atoms with Gasteiger partial charge in [-0.15, -0.1) is 12.4 Å². The van der Waals surface area contributed by atoms with Crippen LogP contribution in [0.5, 0.6) is 5.75 Å². The summed E-state index contributed by atoms with van der Waals surface area (Å²) in [5, 5.41) is 28.6. The zero-order valence-electron chi connectivity index (χ0n) is 9.49. The highest BCUT2D eigenvalue weighted by molar-refractivity contribution is 5.85. The molecule has 0 aliphatic heterocycles. The summed E-state index contributed by atoms with van der Waals surface area (Å²) in [6, 6.07) is 3.63. The lowest BCUT2D eigenvalue weighted by molar-refractivity contribution is -0.385. The lowest BCUT2D eigenvalue weighted by atomic mass is 9.94. The number of hydrogen-bond acceptors (Lipinski definition) is 5. The topological polar surface area (TPSA) is 127 Å². The van der Waals surface area contributed by atoms with E-state index in [2.05, 4.69) is 0 Å². The smallest absolute Gasteiger partial charge is 0.323 e. The first kappa shape index (κ1) is 16.1. The fourth-order valence-electron chi connectivity index (χ4n) is 1.33. The van der Waals surface area contributed by atoms with Crippen LogP contribution in [-0.2, 0) is 11.2 Å². The van der Waals surface area contributed by atoms with Gasteiger partial charge in [0.25, 0.3) is 0 Å². The van der Waals surface area contributed by atoms with Gasteiger partial charge in [0.15, 0.2) is 5.75 Å². The predicted molar refractivity (Wildman–Crippen MR) is 65.9 cm³/mol. The van der Waals surface area contributed by atoms with E-state index in [0.29, 0.717) is 5.56 Å². The number of rotatable bonds is 4. The number of hydrogen-bond donors (Lipinski definition) is 3. The van der Waals surface area contributed by atoms with Gasteiger partial charge in [-0.1, -0.05) is 6.07 Å². The standard InChI is InChI=1S/C10H12N2O5.ClH/c1-10(11,9(14)15)5-6-2-3-7(12(16)17)8(13)4-6;/h2-4,13H,5,11H2,1H3,(H,14,15);1H/t10-;/m0./s1. The Bertz CT molecular complexity index is 475. The first-order chi connectivity index (χ1) is 7.74. The van der Waals surface area contributed by atoms with Crippen molar-refractivity contribution in [3.8, 4) is 5.75 Å². The molecule has 0 aromatic heterocycles. The minimum Gasteiger partial charge on any atom is -0.502 e. The number of halogens is 1. The molecule has 0 radical (unpaired) electrons. The molecular weight excluding hydrogens is 264 g/mol. The van der Waals surface area contributed by atoms with Crippen molar-refractivity contribution in [1.82, 2.24) is 0 Å². The molecule has 18 heavy (non-hydrogen) atoms. The Kier molecular flexibility index (Phi) is 5.07. The number of carboxylic acids is 1. The van der Waals surface area contributed by atoms with Crippen LogP contribution in [0, 0.1) is 10.1 Å². The van der Waals surface area contributed by atoms with E-state index in [1.165, 1.54) is 13.0 Å². The Balaban J connectivity index is 0.00000289. The minimum atomic E-state index is -1.48. The number of phenolic OH excluding ortho intramolecular Hbond substituents is 1. The molecule has 100 valence electrons. The summed E-state index contributed by atoms with van der Waals surface area (Å²) in [5.41, 5.74) is 4.03. The second-order valence-electron chi connectivity index (χ2n) is 3.98. The normalized spacial score (nSPS) is 13.2. The summed E-state index contributed by atoms with van der Waals surface area (Å²) >= 11 is 0. The third-order valence-corrected chi connectivity index (χ3v) is 2.30. The molecule has 4 N–H and O–H groups in total. The van der Waals surface area contributed by atoms with Crippen LogP contribution in [-0.4, -0.2) is 26.6 Å². The second-order valence-corrected chi connectivity index (χ2v) is 3.98. The van der Waals surface area contributed by atoms with Gasteiger partial charge in [-0.25, -0.2) is 0 Å². The number of nitro groups is 1. The largest absolute Gasteiger partial charge is 0.502 e. The maximum atomic E-state index is 10.8. The molecule has 0 amide bonds. The van der Waals surface area contributed by atoms with Gasteiger partial charge in [-0.2, -0.15) is 0 Å². The molecule has 0 aliphatic rings. The SMILES string of the molecule is C[C@](N)(Cc1ccc([N+](=O)[O-])c(O)c1)C(=O)O.Cl. The lowest BCUT2D eigenvalue weighted by Crippen LogP contribution is -2.46. The number of nitro benzene ring substituents is 1. The quantitative estimate of drug-likeness (QED) is 0.557. The van der Waals surface area contributed by atoms with E-state index in [1.54, 1.807) is 0 Å². The second kappa shape index (κ2) is 5.65. The zero-order chi connectivity index (χ0) is 13.2. The van der Waals surface area contributed by atoms with E-state index in [4.69, 9.17) is 10.8 Å². The first-order valence-electron chi connectivity index (χ1n) is 4.72. The number of aliphatic carboxylic acids is 1. The minimum absolute atomic E-state index is 0. The molecule has 1 aromatic rings. The van der Waals surface area contributed by atoms with E-state index in [9.17, 15) is 20.0 Å². The predicted octanol–water partition coefficient (Wildman–Crippen LogP) is 1.07. The van der Waals surface area contributed by atoms with Crippen molar-refractivity contribution >= 4 is 24.1 Å². The lowest BCUT2D eigenvalue weighted by Gasteiger charge is -2.18. The number of aromatic hydroxyl groups is 1. The van der Waals surface area contributed by atoms with Gasteiger partial charge >= 0.3 is 11.7 Å². The van der Waals surface area contributed by atoms with Gasteiger partial charge in [0.05, 0.1) is 4.92 Å². The highest BCUT2D eigenvalue weighted by atomic mass is 35.5. The Morgan fingerprint density at radius 1 is 1.56 bits per heavy atom. The summed E-state index contributed by atoms with van der Waals surface area (Å²) in [6.45, 7) is 1.33. The van der Waals surface area contributed by atoms with Gasteiger partial charge in [0.1, 0.15) is 5.54 Å². The molecule has 1 atom stereocenters. The third kappa shape index (κ3) is 3.57.